The molecule has 7 nitrogen and oxygen atoms in total. The fourth-order valence-corrected chi connectivity index (χ4v) is 2.90. The van der Waals surface area contributed by atoms with E-state index in [0.717, 1.165) is 25.8 Å². The van der Waals surface area contributed by atoms with Gasteiger partial charge in [0.15, 0.2) is 0 Å². The number of nitriles is 1. The Kier molecular flexibility index (Phi) is 8.84. The number of unbranched alkanes of at least 4 members (excludes halogenated alkanes) is 2. The molecule has 0 aliphatic heterocycles. The van der Waals surface area contributed by atoms with Crippen molar-refractivity contribution in [3.05, 3.63) is 23.9 Å². The lowest BCUT2D eigenvalue weighted by atomic mass is 10.2. The van der Waals surface area contributed by atoms with E-state index in [1.54, 1.807) is 12.1 Å². The summed E-state index contributed by atoms with van der Waals surface area (Å²) in [5.74, 6) is 0.839. The van der Waals surface area contributed by atoms with Crippen molar-refractivity contribution in [2.24, 2.45) is 0 Å². The number of nitrogens with one attached hydrogen (secondary N) is 1. The summed E-state index contributed by atoms with van der Waals surface area (Å²) >= 11 is 0. The van der Waals surface area contributed by atoms with Gasteiger partial charge >= 0.3 is 9.15 Å². The second-order valence-electron chi connectivity index (χ2n) is 4.41. The van der Waals surface area contributed by atoms with Gasteiger partial charge in [-0.15, -0.1) is 0 Å². The van der Waals surface area contributed by atoms with Gasteiger partial charge in [0, 0.05) is 24.6 Å². The molecule has 1 aromatic heterocycles. The van der Waals surface area contributed by atoms with Crippen LogP contribution in [0.25, 0.3) is 0 Å². The van der Waals surface area contributed by atoms with Gasteiger partial charge in [-0.2, -0.15) is 13.7 Å². The van der Waals surface area contributed by atoms with Crippen molar-refractivity contribution < 1.29 is 17.7 Å². The number of rotatable bonds is 11. The lowest BCUT2D eigenvalue weighted by Gasteiger charge is -2.06. The van der Waals surface area contributed by atoms with E-state index in [9.17, 15) is 8.42 Å². The van der Waals surface area contributed by atoms with Gasteiger partial charge in [-0.25, -0.2) is 4.98 Å². The highest BCUT2D eigenvalue weighted by atomic mass is 33.1. The summed E-state index contributed by atoms with van der Waals surface area (Å²) in [6, 6.07) is 5.33. The quantitative estimate of drug-likeness (QED) is 0.353. The Morgan fingerprint density at radius 3 is 2.77 bits per heavy atom. The van der Waals surface area contributed by atoms with Gasteiger partial charge in [-0.3, -0.25) is 4.55 Å². The molecule has 0 spiro atoms. The molecule has 0 saturated heterocycles. The van der Waals surface area contributed by atoms with Gasteiger partial charge in [0.25, 0.3) is 0 Å². The highest BCUT2D eigenvalue weighted by Crippen LogP contribution is 2.08. The molecular formula is C13H19N3O4S2. The topological polar surface area (TPSA) is 112 Å². The predicted octanol–water partition coefficient (Wildman–Crippen LogP) is 1.63. The first-order valence-electron chi connectivity index (χ1n) is 6.83. The normalized spacial score (nSPS) is 11.1. The van der Waals surface area contributed by atoms with Crippen LogP contribution in [0.3, 0.4) is 0 Å². The molecule has 22 heavy (non-hydrogen) atoms. The molecule has 1 heterocycles. The minimum absolute atomic E-state index is 0.326. The maximum absolute atomic E-state index is 10.4. The van der Waals surface area contributed by atoms with Gasteiger partial charge in [-0.05, 0) is 42.7 Å². The molecule has 0 unspecified atom stereocenters. The van der Waals surface area contributed by atoms with E-state index >= 15 is 0 Å². The van der Waals surface area contributed by atoms with Crippen LogP contribution in [0.1, 0.15) is 24.8 Å². The van der Waals surface area contributed by atoms with Crippen molar-refractivity contribution in [3.8, 4) is 11.9 Å². The lowest BCUT2D eigenvalue weighted by Crippen LogP contribution is -2.19. The van der Waals surface area contributed by atoms with Crippen LogP contribution in [0.2, 0.25) is 0 Å². The Balaban J connectivity index is 1.94. The first kappa shape index (κ1) is 18.7. The highest BCUT2D eigenvalue weighted by Gasteiger charge is 2.03. The Hall–Kier alpha value is -1.34. The van der Waals surface area contributed by atoms with Crippen molar-refractivity contribution in [2.75, 3.05) is 25.4 Å². The summed E-state index contributed by atoms with van der Waals surface area (Å²) in [5.41, 5.74) is 0.505. The van der Waals surface area contributed by atoms with Crippen LogP contribution in [0.15, 0.2) is 18.3 Å². The molecule has 122 valence electrons. The van der Waals surface area contributed by atoms with Crippen molar-refractivity contribution in [1.29, 1.82) is 5.26 Å². The monoisotopic (exact) mass is 345 g/mol. The summed E-state index contributed by atoms with van der Waals surface area (Å²) in [6.45, 7) is 1.90. The zero-order valence-corrected chi connectivity index (χ0v) is 13.7. The van der Waals surface area contributed by atoms with Crippen LogP contribution in [0.5, 0.6) is 5.88 Å². The van der Waals surface area contributed by atoms with Crippen LogP contribution in [-0.2, 0) is 9.15 Å². The maximum Gasteiger partial charge on any atom is 0.319 e. The van der Waals surface area contributed by atoms with Crippen LogP contribution in [0, 0.1) is 11.3 Å². The van der Waals surface area contributed by atoms with E-state index in [-0.39, 0.29) is 0 Å². The zero-order chi connectivity index (χ0) is 16.3. The first-order chi connectivity index (χ1) is 10.5. The number of hydrogen-bond acceptors (Lipinski definition) is 7. The molecule has 0 aromatic carbocycles. The molecule has 0 amide bonds. The molecule has 0 aliphatic rings. The highest BCUT2D eigenvalue weighted by molar-refractivity contribution is 8.69. The number of ether oxygens (including phenoxy) is 1. The van der Waals surface area contributed by atoms with Gasteiger partial charge in [0.2, 0.25) is 5.88 Å². The van der Waals surface area contributed by atoms with Gasteiger partial charge in [0.1, 0.15) is 6.07 Å². The molecule has 2 N–H and O–H groups in total. The van der Waals surface area contributed by atoms with E-state index in [4.69, 9.17) is 14.6 Å². The number of aromatic nitrogens is 1. The minimum atomic E-state index is -3.92. The van der Waals surface area contributed by atoms with Crippen molar-refractivity contribution >= 4 is 19.9 Å². The third kappa shape index (κ3) is 9.57. The molecular weight excluding hydrogens is 326 g/mol. The number of hydrogen-bond donors (Lipinski definition) is 2. The van der Waals surface area contributed by atoms with Gasteiger partial charge < -0.3 is 10.1 Å². The summed E-state index contributed by atoms with van der Waals surface area (Å²) in [5, 5.41) is 11.7. The standard InChI is InChI=1S/C13H19N3O4S2/c14-10-12-4-5-13(16-11-12)20-8-3-1-2-6-15-7-9-21-22(17,18)19/h4-5,11,15H,1-3,6-9H2,(H,17,18,19). The molecule has 0 bridgehead atoms. The fraction of sp³-hybridized carbons (Fsp3) is 0.538. The number of pyridine rings is 1. The third-order valence-corrected chi connectivity index (χ3v) is 4.69. The Morgan fingerprint density at radius 1 is 1.32 bits per heavy atom. The van der Waals surface area contributed by atoms with E-state index in [1.165, 1.54) is 6.20 Å². The second-order valence-corrected chi connectivity index (χ2v) is 7.88. The third-order valence-electron chi connectivity index (χ3n) is 2.62. The maximum atomic E-state index is 10.4. The zero-order valence-electron chi connectivity index (χ0n) is 12.1. The first-order valence-corrected chi connectivity index (χ1v) is 9.77. The largest absolute Gasteiger partial charge is 0.478 e. The number of nitrogens with zero attached hydrogens (tertiary/aromatic N) is 2. The molecule has 0 radical (unpaired) electrons. The molecule has 1 rings (SSSR count). The summed E-state index contributed by atoms with van der Waals surface area (Å²) < 4.78 is 34.9. The molecule has 0 atom stereocenters. The van der Waals surface area contributed by atoms with E-state index in [1.807, 2.05) is 6.07 Å². The Labute approximate surface area is 134 Å². The SMILES string of the molecule is N#Cc1ccc(OCCCCCNCCSS(=O)(=O)O)nc1. The van der Waals surface area contributed by atoms with E-state index < -0.39 is 9.15 Å². The molecule has 0 fully saturated rings. The summed E-state index contributed by atoms with van der Waals surface area (Å²) in [4.78, 5) is 4.01. The van der Waals surface area contributed by atoms with Crippen molar-refractivity contribution in [1.82, 2.24) is 10.3 Å². The van der Waals surface area contributed by atoms with Crippen molar-refractivity contribution in [3.63, 3.8) is 0 Å². The summed E-state index contributed by atoms with van der Waals surface area (Å²) in [6.07, 6.45) is 4.31. The van der Waals surface area contributed by atoms with Crippen molar-refractivity contribution in [2.45, 2.75) is 19.3 Å². The smallest absolute Gasteiger partial charge is 0.319 e. The predicted molar refractivity (Wildman–Crippen MR) is 85.2 cm³/mol. The average Bonchev–Trinajstić information content (AvgIpc) is 2.48. The Bertz CT molecular complexity index is 570. The van der Waals surface area contributed by atoms with Crippen LogP contribution < -0.4 is 10.1 Å². The molecule has 0 saturated carbocycles. The minimum Gasteiger partial charge on any atom is -0.478 e. The van der Waals surface area contributed by atoms with E-state index in [0.29, 0.717) is 41.1 Å². The van der Waals surface area contributed by atoms with Gasteiger partial charge in [0.05, 0.1) is 12.2 Å². The second kappa shape index (κ2) is 10.4. The molecule has 9 heteroatoms. The summed E-state index contributed by atoms with van der Waals surface area (Å²) in [7, 11) is -3.40. The Morgan fingerprint density at radius 2 is 2.14 bits per heavy atom. The van der Waals surface area contributed by atoms with Gasteiger partial charge in [-0.1, -0.05) is 0 Å². The average molecular weight is 345 g/mol. The van der Waals surface area contributed by atoms with Crippen LogP contribution in [0.4, 0.5) is 0 Å². The van der Waals surface area contributed by atoms with Crippen LogP contribution >= 0.6 is 10.8 Å². The molecule has 1 aromatic rings. The van der Waals surface area contributed by atoms with Crippen LogP contribution in [-0.4, -0.2) is 43.4 Å². The lowest BCUT2D eigenvalue weighted by molar-refractivity contribution is 0.294. The fourth-order valence-electron chi connectivity index (χ4n) is 1.58. The van der Waals surface area contributed by atoms with E-state index in [2.05, 4.69) is 10.3 Å². The molecule has 0 aliphatic carbocycles.